The lowest BCUT2D eigenvalue weighted by Crippen LogP contribution is -2.62. The fourth-order valence-corrected chi connectivity index (χ4v) is 6.17. The number of benzene rings is 1. The van der Waals surface area contributed by atoms with E-state index in [4.69, 9.17) is 11.6 Å². The van der Waals surface area contributed by atoms with Crippen LogP contribution in [0.4, 0.5) is 5.69 Å². The van der Waals surface area contributed by atoms with E-state index < -0.39 is 0 Å². The summed E-state index contributed by atoms with van der Waals surface area (Å²) in [6.07, 6.45) is 4.49. The van der Waals surface area contributed by atoms with E-state index in [1.165, 1.54) is 0 Å². The predicted molar refractivity (Wildman–Crippen MR) is 131 cm³/mol. The van der Waals surface area contributed by atoms with Gasteiger partial charge < -0.3 is 15.2 Å². The number of rotatable bonds is 5. The second-order valence-electron chi connectivity index (χ2n) is 8.93. The molecule has 1 aromatic heterocycles. The highest BCUT2D eigenvalue weighted by atomic mass is 79.9. The molecular weight excluding hydrogens is 508 g/mol. The van der Waals surface area contributed by atoms with Crippen LogP contribution in [0.1, 0.15) is 36.0 Å². The summed E-state index contributed by atoms with van der Waals surface area (Å²) in [5.74, 6) is 0.756. The number of aryl methyl sites for hydroxylation is 2. The highest BCUT2D eigenvalue weighted by molar-refractivity contribution is 9.10. The van der Waals surface area contributed by atoms with E-state index in [1.54, 1.807) is 12.3 Å². The quantitative estimate of drug-likeness (QED) is 0.333. The zero-order valence-electron chi connectivity index (χ0n) is 18.6. The molecule has 2 unspecified atom stereocenters. The molecule has 0 saturated carbocycles. The summed E-state index contributed by atoms with van der Waals surface area (Å²) in [6.45, 7) is 6.19. The van der Waals surface area contributed by atoms with E-state index in [-0.39, 0.29) is 22.8 Å². The van der Waals surface area contributed by atoms with E-state index >= 15 is 0 Å². The molecule has 2 bridgehead atoms. The summed E-state index contributed by atoms with van der Waals surface area (Å²) in [5.41, 5.74) is 8.11. The van der Waals surface area contributed by atoms with Crippen LogP contribution in [-0.2, 0) is 6.54 Å². The monoisotopic (exact) mass is 532 g/mol. The fourth-order valence-electron chi connectivity index (χ4n) is 5.37. The molecule has 1 N–H and O–H groups in total. The predicted octanol–water partition coefficient (Wildman–Crippen LogP) is 4.90. The lowest BCUT2D eigenvalue weighted by molar-refractivity contribution is -0.440. The average Bonchev–Trinajstić information content (AvgIpc) is 3.15. The first kappa shape index (κ1) is 22.4. The van der Waals surface area contributed by atoms with E-state index in [2.05, 4.69) is 67.1 Å². The highest BCUT2D eigenvalue weighted by Crippen LogP contribution is 2.42. The van der Waals surface area contributed by atoms with Crippen LogP contribution in [0, 0.1) is 24.0 Å². The number of aromatic nitrogens is 1. The first-order valence-electron chi connectivity index (χ1n) is 11.2. The first-order valence-corrected chi connectivity index (χ1v) is 12.3. The molecule has 10 heteroatoms. The third-order valence-corrected chi connectivity index (χ3v) is 7.46. The molecule has 0 aliphatic carbocycles. The molecule has 1 aromatic carbocycles. The summed E-state index contributed by atoms with van der Waals surface area (Å²) in [4.78, 5) is 20.8. The topological polar surface area (TPSA) is 77.8 Å². The van der Waals surface area contributed by atoms with Gasteiger partial charge in [-0.05, 0) is 68.0 Å². The van der Waals surface area contributed by atoms with E-state index in [1.807, 2.05) is 6.07 Å². The lowest BCUT2D eigenvalue weighted by Gasteiger charge is -2.49. The van der Waals surface area contributed by atoms with Gasteiger partial charge in [0, 0.05) is 30.3 Å². The average molecular weight is 534 g/mol. The zero-order valence-corrected chi connectivity index (χ0v) is 20.9. The number of nitrogens with zero attached hydrogens (tertiary/aromatic N) is 5. The number of fused-ring (bicyclic) bond motifs is 4. The summed E-state index contributed by atoms with van der Waals surface area (Å²) < 4.78 is 1.03. The standard InChI is InChI=1S/C23H26BrClN6O2/c1-14-10-17(24)11-15(2)21(14)27-30-18-4-3-5-20(30)29-9-8-28(23(29)22(18)31(32)33)13-16-6-7-19(25)26-12-16/h6-7,10-12,18,20,27H,3-5,8-9,13H2,1-2H3. The zero-order chi connectivity index (χ0) is 23.3. The lowest BCUT2D eigenvalue weighted by atomic mass is 9.94. The van der Waals surface area contributed by atoms with Crippen molar-refractivity contribution in [1.82, 2.24) is 19.8 Å². The Balaban J connectivity index is 1.52. The molecule has 3 aliphatic rings. The van der Waals surface area contributed by atoms with Crippen LogP contribution >= 0.6 is 27.5 Å². The van der Waals surface area contributed by atoms with E-state index in [0.29, 0.717) is 11.7 Å². The Morgan fingerprint density at radius 1 is 1.24 bits per heavy atom. The van der Waals surface area contributed by atoms with Gasteiger partial charge in [0.05, 0.1) is 10.6 Å². The Morgan fingerprint density at radius 3 is 2.67 bits per heavy atom. The van der Waals surface area contributed by atoms with Gasteiger partial charge >= 0.3 is 5.70 Å². The second kappa shape index (κ2) is 8.77. The molecule has 0 amide bonds. The molecule has 2 atom stereocenters. The van der Waals surface area contributed by atoms with Gasteiger partial charge in [0.25, 0.3) is 0 Å². The van der Waals surface area contributed by atoms with Gasteiger partial charge in [-0.15, -0.1) is 0 Å². The maximum atomic E-state index is 12.4. The van der Waals surface area contributed by atoms with Gasteiger partial charge in [0.15, 0.2) is 5.82 Å². The summed E-state index contributed by atoms with van der Waals surface area (Å²) in [7, 11) is 0. The van der Waals surface area contributed by atoms with Crippen LogP contribution < -0.4 is 5.43 Å². The van der Waals surface area contributed by atoms with Crippen molar-refractivity contribution >= 4 is 33.2 Å². The van der Waals surface area contributed by atoms with Gasteiger partial charge in [-0.3, -0.25) is 10.1 Å². The molecule has 33 heavy (non-hydrogen) atoms. The Labute approximate surface area is 206 Å². The van der Waals surface area contributed by atoms with Gasteiger partial charge in [0.1, 0.15) is 17.4 Å². The number of nitro groups is 1. The number of piperidine rings is 1. The van der Waals surface area contributed by atoms with Crippen molar-refractivity contribution in [3.8, 4) is 0 Å². The van der Waals surface area contributed by atoms with Crippen molar-refractivity contribution in [3.63, 3.8) is 0 Å². The number of hydrogen-bond acceptors (Lipinski definition) is 7. The second-order valence-corrected chi connectivity index (χ2v) is 10.2. The minimum atomic E-state index is -0.295. The molecule has 174 valence electrons. The van der Waals surface area contributed by atoms with Gasteiger partial charge in [-0.25, -0.2) is 4.98 Å². The van der Waals surface area contributed by atoms with Crippen LogP contribution in [0.3, 0.4) is 0 Å². The summed E-state index contributed by atoms with van der Waals surface area (Å²) in [6, 6.07) is 7.54. The van der Waals surface area contributed by atoms with Crippen LogP contribution in [0.15, 0.2) is 46.5 Å². The smallest absolute Gasteiger partial charge is 0.305 e. The van der Waals surface area contributed by atoms with E-state index in [0.717, 1.165) is 65.0 Å². The number of anilines is 1. The largest absolute Gasteiger partial charge is 0.347 e. The maximum Gasteiger partial charge on any atom is 0.305 e. The molecule has 4 heterocycles. The van der Waals surface area contributed by atoms with Crippen LogP contribution in [-0.4, -0.2) is 50.0 Å². The van der Waals surface area contributed by atoms with E-state index in [9.17, 15) is 10.1 Å². The third kappa shape index (κ3) is 4.06. The first-order chi connectivity index (χ1) is 15.8. The fraction of sp³-hybridized carbons (Fsp3) is 0.435. The minimum Gasteiger partial charge on any atom is -0.347 e. The number of hydrazine groups is 1. The highest BCUT2D eigenvalue weighted by Gasteiger charge is 2.52. The summed E-state index contributed by atoms with van der Waals surface area (Å²) >= 11 is 9.50. The molecule has 8 nitrogen and oxygen atoms in total. The maximum absolute atomic E-state index is 12.4. The van der Waals surface area contributed by atoms with Gasteiger partial charge in [-0.1, -0.05) is 33.6 Å². The molecule has 3 aliphatic heterocycles. The SMILES string of the molecule is Cc1cc(Br)cc(C)c1NN1C2CCCC1N1CCN(Cc3ccc(Cl)nc3)C1=C2[N+](=O)[O-]. The molecule has 0 radical (unpaired) electrons. The third-order valence-electron chi connectivity index (χ3n) is 6.78. The molecule has 2 fully saturated rings. The van der Waals surface area contributed by atoms with Crippen LogP contribution in [0.5, 0.6) is 0 Å². The number of hydrogen-bond donors (Lipinski definition) is 1. The molecule has 2 saturated heterocycles. The molecule has 2 aromatic rings. The van der Waals surface area contributed by atoms with Crippen LogP contribution in [0.2, 0.25) is 5.15 Å². The van der Waals surface area contributed by atoms with Crippen molar-refractivity contribution < 1.29 is 4.92 Å². The minimum absolute atomic E-state index is 0.0678. The normalized spacial score (nSPS) is 22.5. The summed E-state index contributed by atoms with van der Waals surface area (Å²) in [5, 5.41) is 15.0. The van der Waals surface area contributed by atoms with Crippen molar-refractivity contribution in [2.45, 2.75) is 51.9 Å². The molecular formula is C23H26BrClN6O2. The molecule has 5 rings (SSSR count). The number of nitrogens with one attached hydrogen (secondary N) is 1. The number of halogens is 2. The Bertz CT molecular complexity index is 1100. The van der Waals surface area contributed by atoms with Crippen LogP contribution in [0.25, 0.3) is 0 Å². The van der Waals surface area contributed by atoms with Crippen molar-refractivity contribution in [1.29, 1.82) is 0 Å². The van der Waals surface area contributed by atoms with Crippen molar-refractivity contribution in [3.05, 3.63) is 78.4 Å². The van der Waals surface area contributed by atoms with Gasteiger partial charge in [-0.2, -0.15) is 5.01 Å². The van der Waals surface area contributed by atoms with Gasteiger partial charge in [0.2, 0.25) is 0 Å². The molecule has 0 spiro atoms. The Kier molecular flexibility index (Phi) is 5.96. The van der Waals surface area contributed by atoms with Crippen molar-refractivity contribution in [2.24, 2.45) is 0 Å². The Morgan fingerprint density at radius 2 is 2.00 bits per heavy atom. The number of pyridine rings is 1. The Hall–Kier alpha value is -2.36. The van der Waals surface area contributed by atoms with Crippen molar-refractivity contribution in [2.75, 3.05) is 18.5 Å².